The monoisotopic (exact) mass is 347 g/mol. The van der Waals surface area contributed by atoms with E-state index in [0.717, 1.165) is 45.0 Å². The minimum atomic E-state index is 0.0151. The van der Waals surface area contributed by atoms with Gasteiger partial charge in [-0.15, -0.1) is 0 Å². The Hall–Kier alpha value is -1.40. The summed E-state index contributed by atoms with van der Waals surface area (Å²) >= 11 is 6.06. The van der Waals surface area contributed by atoms with Gasteiger partial charge in [0.2, 0.25) is 0 Å². The number of fused-ring (bicyclic) bond motifs is 1. The van der Waals surface area contributed by atoms with Crippen LogP contribution in [-0.2, 0) is 11.3 Å². The smallest absolute Gasteiger partial charge is 0.0660 e. The molecule has 2 aliphatic rings. The molecule has 1 aromatic heterocycles. The van der Waals surface area contributed by atoms with Crippen molar-refractivity contribution in [3.05, 3.63) is 47.2 Å². The van der Waals surface area contributed by atoms with Crippen LogP contribution in [0.25, 0.3) is 5.69 Å². The lowest BCUT2D eigenvalue weighted by Gasteiger charge is -2.36. The average molecular weight is 348 g/mol. The van der Waals surface area contributed by atoms with Crippen molar-refractivity contribution in [2.45, 2.75) is 13.0 Å². The summed E-state index contributed by atoms with van der Waals surface area (Å²) in [5.74, 6) is 0.430. The van der Waals surface area contributed by atoms with E-state index in [2.05, 4.69) is 16.2 Å². The van der Waals surface area contributed by atoms with E-state index in [-0.39, 0.29) is 12.0 Å². The number of hydrogen-bond donors (Lipinski definition) is 1. The number of ether oxygens (including phenoxy) is 1. The second kappa shape index (κ2) is 6.48. The zero-order chi connectivity index (χ0) is 16.6. The van der Waals surface area contributed by atoms with Gasteiger partial charge in [-0.3, -0.25) is 4.90 Å². The summed E-state index contributed by atoms with van der Waals surface area (Å²) in [6.07, 6.45) is 4.91. The molecule has 0 unspecified atom stereocenters. The van der Waals surface area contributed by atoms with E-state index in [1.54, 1.807) is 0 Å². The van der Waals surface area contributed by atoms with Crippen LogP contribution in [0.3, 0.4) is 0 Å². The molecule has 0 amide bonds. The predicted octanol–water partition coefficient (Wildman–Crippen LogP) is 2.36. The highest BCUT2D eigenvalue weighted by Gasteiger charge is 2.47. The van der Waals surface area contributed by atoms with E-state index in [9.17, 15) is 5.11 Å². The van der Waals surface area contributed by atoms with Crippen LogP contribution in [0, 0.1) is 11.3 Å². The summed E-state index contributed by atoms with van der Waals surface area (Å²) in [4.78, 5) is 2.41. The molecule has 0 bridgehead atoms. The largest absolute Gasteiger partial charge is 0.396 e. The highest BCUT2D eigenvalue weighted by molar-refractivity contribution is 6.30. The first-order valence-corrected chi connectivity index (χ1v) is 8.77. The van der Waals surface area contributed by atoms with Gasteiger partial charge >= 0.3 is 0 Å². The third-order valence-electron chi connectivity index (χ3n) is 5.38. The highest BCUT2D eigenvalue weighted by atomic mass is 35.5. The van der Waals surface area contributed by atoms with E-state index in [1.165, 1.54) is 5.56 Å². The SMILES string of the molecule is OC[C@]12CCOC[C@H]1CN(Cc1cnn(-c3cccc(Cl)c3)c1)C2. The Balaban J connectivity index is 1.47. The van der Waals surface area contributed by atoms with Crippen molar-refractivity contribution in [1.82, 2.24) is 14.7 Å². The first kappa shape index (κ1) is 16.1. The highest BCUT2D eigenvalue weighted by Crippen LogP contribution is 2.42. The summed E-state index contributed by atoms with van der Waals surface area (Å²) in [6.45, 7) is 4.53. The van der Waals surface area contributed by atoms with E-state index in [4.69, 9.17) is 16.3 Å². The van der Waals surface area contributed by atoms with Gasteiger partial charge in [-0.2, -0.15) is 5.10 Å². The van der Waals surface area contributed by atoms with Crippen LogP contribution in [0.5, 0.6) is 0 Å². The van der Waals surface area contributed by atoms with Gasteiger partial charge in [-0.25, -0.2) is 4.68 Å². The average Bonchev–Trinajstić information content (AvgIpc) is 3.19. The number of benzene rings is 1. The van der Waals surface area contributed by atoms with Crippen LogP contribution < -0.4 is 0 Å². The van der Waals surface area contributed by atoms with Crippen LogP contribution in [0.15, 0.2) is 36.7 Å². The van der Waals surface area contributed by atoms with Crippen LogP contribution in [-0.4, -0.2) is 52.7 Å². The lowest BCUT2D eigenvalue weighted by molar-refractivity contribution is -0.0417. The van der Waals surface area contributed by atoms with Crippen LogP contribution >= 0.6 is 11.6 Å². The lowest BCUT2D eigenvalue weighted by Crippen LogP contribution is -2.41. The molecule has 4 rings (SSSR count). The minimum Gasteiger partial charge on any atom is -0.396 e. The van der Waals surface area contributed by atoms with Crippen molar-refractivity contribution < 1.29 is 9.84 Å². The van der Waals surface area contributed by atoms with Gasteiger partial charge in [-0.05, 0) is 24.6 Å². The summed E-state index contributed by atoms with van der Waals surface area (Å²) in [6, 6.07) is 7.68. The molecule has 0 radical (unpaired) electrons. The molecule has 5 nitrogen and oxygen atoms in total. The molecule has 1 N–H and O–H groups in total. The Kier molecular flexibility index (Phi) is 4.35. The quantitative estimate of drug-likeness (QED) is 0.922. The molecule has 2 aromatic rings. The Labute approximate surface area is 146 Å². The van der Waals surface area contributed by atoms with Crippen molar-refractivity contribution in [2.75, 3.05) is 32.9 Å². The van der Waals surface area contributed by atoms with E-state index < -0.39 is 0 Å². The number of nitrogens with zero attached hydrogens (tertiary/aromatic N) is 3. The third-order valence-corrected chi connectivity index (χ3v) is 5.61. The second-order valence-electron chi connectivity index (χ2n) is 6.98. The standard InChI is InChI=1S/C18H22ClN3O2/c19-16-2-1-3-17(6-16)22-9-14(7-20-22)8-21-10-15-11-24-5-4-18(15,12-21)13-23/h1-3,6-7,9,15,23H,4-5,8,10-13H2/t15-,18-/m1/s1. The molecule has 128 valence electrons. The lowest BCUT2D eigenvalue weighted by atomic mass is 9.75. The normalized spacial score (nSPS) is 27.3. The fraction of sp³-hybridized carbons (Fsp3) is 0.500. The number of aliphatic hydroxyl groups excluding tert-OH is 1. The molecular weight excluding hydrogens is 326 g/mol. The maximum absolute atomic E-state index is 9.90. The zero-order valence-corrected chi connectivity index (χ0v) is 14.3. The topological polar surface area (TPSA) is 50.5 Å². The molecule has 1 aromatic carbocycles. The number of aliphatic hydroxyl groups is 1. The summed E-state index contributed by atoms with van der Waals surface area (Å²) < 4.78 is 7.47. The van der Waals surface area contributed by atoms with Crippen molar-refractivity contribution in [2.24, 2.45) is 11.3 Å². The molecule has 0 spiro atoms. The fourth-order valence-corrected chi connectivity index (χ4v) is 4.18. The van der Waals surface area contributed by atoms with Crippen molar-refractivity contribution in [3.8, 4) is 5.69 Å². The van der Waals surface area contributed by atoms with Crippen LogP contribution in [0.1, 0.15) is 12.0 Å². The Morgan fingerprint density at radius 1 is 1.42 bits per heavy atom. The fourth-order valence-electron chi connectivity index (χ4n) is 4.00. The van der Waals surface area contributed by atoms with E-state index >= 15 is 0 Å². The Bertz CT molecular complexity index is 720. The first-order chi connectivity index (χ1) is 11.7. The molecule has 2 saturated heterocycles. The summed E-state index contributed by atoms with van der Waals surface area (Å²) in [7, 11) is 0. The van der Waals surface area contributed by atoms with Gasteiger partial charge < -0.3 is 9.84 Å². The molecule has 3 heterocycles. The van der Waals surface area contributed by atoms with Gasteiger partial charge in [0.1, 0.15) is 0 Å². The molecule has 6 heteroatoms. The molecule has 2 atom stereocenters. The number of hydrogen-bond acceptors (Lipinski definition) is 4. The summed E-state index contributed by atoms with van der Waals surface area (Å²) in [5, 5.41) is 15.1. The zero-order valence-electron chi connectivity index (χ0n) is 13.6. The predicted molar refractivity (Wildman–Crippen MR) is 92.3 cm³/mol. The minimum absolute atomic E-state index is 0.0151. The molecule has 2 aliphatic heterocycles. The maximum atomic E-state index is 9.90. The maximum Gasteiger partial charge on any atom is 0.0660 e. The van der Waals surface area contributed by atoms with Gasteiger partial charge in [0.05, 0.1) is 25.1 Å². The Morgan fingerprint density at radius 3 is 3.12 bits per heavy atom. The number of halogens is 1. The molecule has 24 heavy (non-hydrogen) atoms. The van der Waals surface area contributed by atoms with Crippen molar-refractivity contribution in [1.29, 1.82) is 0 Å². The van der Waals surface area contributed by atoms with Crippen molar-refractivity contribution in [3.63, 3.8) is 0 Å². The molecular formula is C18H22ClN3O2. The van der Waals surface area contributed by atoms with Gasteiger partial charge in [0, 0.05) is 54.4 Å². The van der Waals surface area contributed by atoms with E-state index in [1.807, 2.05) is 35.1 Å². The summed E-state index contributed by atoms with van der Waals surface area (Å²) in [5.41, 5.74) is 2.15. The first-order valence-electron chi connectivity index (χ1n) is 8.39. The van der Waals surface area contributed by atoms with E-state index in [0.29, 0.717) is 10.9 Å². The van der Waals surface area contributed by atoms with Crippen LogP contribution in [0.4, 0.5) is 0 Å². The molecule has 2 fully saturated rings. The third kappa shape index (κ3) is 2.97. The Morgan fingerprint density at radius 2 is 2.33 bits per heavy atom. The molecule has 0 saturated carbocycles. The number of likely N-dealkylation sites (tertiary alicyclic amines) is 1. The van der Waals surface area contributed by atoms with Gasteiger partial charge in [0.15, 0.2) is 0 Å². The number of aromatic nitrogens is 2. The van der Waals surface area contributed by atoms with Gasteiger partial charge in [0.25, 0.3) is 0 Å². The van der Waals surface area contributed by atoms with Crippen LogP contribution in [0.2, 0.25) is 5.02 Å². The second-order valence-corrected chi connectivity index (χ2v) is 7.42. The molecule has 0 aliphatic carbocycles. The van der Waals surface area contributed by atoms with Gasteiger partial charge in [-0.1, -0.05) is 17.7 Å². The van der Waals surface area contributed by atoms with Crippen molar-refractivity contribution >= 4 is 11.6 Å². The number of rotatable bonds is 4.